The Morgan fingerprint density at radius 1 is 1.43 bits per heavy atom. The number of aliphatic hydroxyl groups excluding tert-OH is 1. The van der Waals surface area contributed by atoms with Gasteiger partial charge in [0.2, 0.25) is 0 Å². The van der Waals surface area contributed by atoms with Gasteiger partial charge >= 0.3 is 0 Å². The number of hydrogen-bond donors (Lipinski definition) is 1. The highest BCUT2D eigenvalue weighted by Gasteiger charge is 2.25. The molecule has 3 nitrogen and oxygen atoms in total. The van der Waals surface area contributed by atoms with Gasteiger partial charge in [0.15, 0.2) is 6.10 Å². The topological polar surface area (TPSA) is 41.8 Å². The molecular formula is C11H13NO2. The molecule has 1 N–H and O–H groups in total. The van der Waals surface area contributed by atoms with E-state index >= 15 is 0 Å². The summed E-state index contributed by atoms with van der Waals surface area (Å²) in [6.45, 7) is 1.72. The SMILES string of the molecule is C[C@H](O)[C@H]1CC(c2ccccc2)=NO1. The summed E-state index contributed by atoms with van der Waals surface area (Å²) < 4.78 is 0. The van der Waals surface area contributed by atoms with Crippen LogP contribution in [0.1, 0.15) is 18.9 Å². The first kappa shape index (κ1) is 9.21. The minimum Gasteiger partial charge on any atom is -0.389 e. The zero-order valence-electron chi connectivity index (χ0n) is 8.05. The molecule has 74 valence electrons. The van der Waals surface area contributed by atoms with Crippen molar-refractivity contribution in [2.24, 2.45) is 5.16 Å². The predicted octanol–water partition coefficient (Wildman–Crippen LogP) is 1.56. The molecule has 0 radical (unpaired) electrons. The second kappa shape index (κ2) is 3.80. The van der Waals surface area contributed by atoms with Crippen LogP contribution in [0.4, 0.5) is 0 Å². The van der Waals surface area contributed by atoms with E-state index in [1.54, 1.807) is 6.92 Å². The van der Waals surface area contributed by atoms with Crippen molar-refractivity contribution < 1.29 is 9.94 Å². The van der Waals surface area contributed by atoms with Crippen LogP contribution in [0.15, 0.2) is 35.5 Å². The highest BCUT2D eigenvalue weighted by atomic mass is 16.6. The Kier molecular flexibility index (Phi) is 2.50. The molecule has 3 heteroatoms. The fourth-order valence-corrected chi connectivity index (χ4v) is 1.46. The summed E-state index contributed by atoms with van der Waals surface area (Å²) in [5.74, 6) is 0. The molecule has 0 saturated heterocycles. The van der Waals surface area contributed by atoms with Gasteiger partial charge < -0.3 is 9.94 Å². The van der Waals surface area contributed by atoms with E-state index in [-0.39, 0.29) is 6.10 Å². The fraction of sp³-hybridized carbons (Fsp3) is 0.364. The number of benzene rings is 1. The predicted molar refractivity (Wildman–Crippen MR) is 54.1 cm³/mol. The summed E-state index contributed by atoms with van der Waals surface area (Å²) in [5, 5.41) is 13.3. The lowest BCUT2D eigenvalue weighted by Gasteiger charge is -2.09. The van der Waals surface area contributed by atoms with Crippen molar-refractivity contribution in [1.82, 2.24) is 0 Å². The number of oxime groups is 1. The second-order valence-electron chi connectivity index (χ2n) is 3.49. The number of rotatable bonds is 2. The molecule has 1 aromatic carbocycles. The van der Waals surface area contributed by atoms with Crippen LogP contribution in [0, 0.1) is 0 Å². The molecule has 0 saturated carbocycles. The summed E-state index contributed by atoms with van der Waals surface area (Å²) >= 11 is 0. The first-order chi connectivity index (χ1) is 6.77. The zero-order chi connectivity index (χ0) is 9.97. The van der Waals surface area contributed by atoms with Crippen LogP contribution < -0.4 is 0 Å². The van der Waals surface area contributed by atoms with Crippen LogP contribution in [0.2, 0.25) is 0 Å². The molecule has 0 aromatic heterocycles. The maximum Gasteiger partial charge on any atom is 0.158 e. The monoisotopic (exact) mass is 191 g/mol. The van der Waals surface area contributed by atoms with Crippen molar-refractivity contribution in [3.63, 3.8) is 0 Å². The van der Waals surface area contributed by atoms with E-state index in [1.165, 1.54) is 0 Å². The minimum atomic E-state index is -0.472. The van der Waals surface area contributed by atoms with Gasteiger partial charge in [-0.1, -0.05) is 35.5 Å². The van der Waals surface area contributed by atoms with Crippen molar-refractivity contribution in [2.75, 3.05) is 0 Å². The van der Waals surface area contributed by atoms with Gasteiger partial charge in [0, 0.05) is 6.42 Å². The Hall–Kier alpha value is -1.35. The van der Waals surface area contributed by atoms with E-state index in [0.29, 0.717) is 6.42 Å². The summed E-state index contributed by atoms with van der Waals surface area (Å²) in [4.78, 5) is 5.12. The zero-order valence-corrected chi connectivity index (χ0v) is 8.05. The van der Waals surface area contributed by atoms with E-state index in [0.717, 1.165) is 11.3 Å². The number of hydrogen-bond acceptors (Lipinski definition) is 3. The van der Waals surface area contributed by atoms with E-state index in [2.05, 4.69) is 5.16 Å². The molecule has 2 atom stereocenters. The molecule has 1 heterocycles. The van der Waals surface area contributed by atoms with Gasteiger partial charge in [0.1, 0.15) is 0 Å². The van der Waals surface area contributed by atoms with Crippen LogP contribution in [0.25, 0.3) is 0 Å². The maximum absolute atomic E-state index is 9.32. The quantitative estimate of drug-likeness (QED) is 0.770. The van der Waals surface area contributed by atoms with Crippen LogP contribution >= 0.6 is 0 Å². The van der Waals surface area contributed by atoms with Crippen LogP contribution in [0.3, 0.4) is 0 Å². The summed E-state index contributed by atoms with van der Waals surface area (Å²) in [7, 11) is 0. The highest BCUT2D eigenvalue weighted by molar-refractivity contribution is 6.01. The minimum absolute atomic E-state index is 0.190. The summed E-state index contributed by atoms with van der Waals surface area (Å²) in [5.41, 5.74) is 1.98. The Morgan fingerprint density at radius 3 is 2.71 bits per heavy atom. The Labute approximate surface area is 83.0 Å². The molecule has 0 aliphatic carbocycles. The van der Waals surface area contributed by atoms with Gasteiger partial charge in [-0.15, -0.1) is 0 Å². The first-order valence-corrected chi connectivity index (χ1v) is 4.73. The largest absolute Gasteiger partial charge is 0.389 e. The van der Waals surface area contributed by atoms with Crippen molar-refractivity contribution in [2.45, 2.75) is 25.6 Å². The molecule has 0 unspecified atom stereocenters. The molecule has 1 aliphatic rings. The summed E-state index contributed by atoms with van der Waals surface area (Å²) in [6, 6.07) is 9.88. The van der Waals surface area contributed by atoms with E-state index in [9.17, 15) is 5.11 Å². The Morgan fingerprint density at radius 2 is 2.14 bits per heavy atom. The lowest BCUT2D eigenvalue weighted by atomic mass is 10.0. The first-order valence-electron chi connectivity index (χ1n) is 4.73. The van der Waals surface area contributed by atoms with Crippen LogP contribution in [-0.4, -0.2) is 23.0 Å². The molecule has 14 heavy (non-hydrogen) atoms. The molecule has 0 spiro atoms. The van der Waals surface area contributed by atoms with Crippen molar-refractivity contribution in [3.05, 3.63) is 35.9 Å². The normalized spacial score (nSPS) is 22.7. The molecule has 1 aliphatic heterocycles. The lowest BCUT2D eigenvalue weighted by molar-refractivity contribution is -0.00780. The highest BCUT2D eigenvalue weighted by Crippen LogP contribution is 2.18. The van der Waals surface area contributed by atoms with Gasteiger partial charge in [0.05, 0.1) is 11.8 Å². The van der Waals surface area contributed by atoms with Gasteiger partial charge in [-0.2, -0.15) is 0 Å². The van der Waals surface area contributed by atoms with Crippen molar-refractivity contribution in [3.8, 4) is 0 Å². The van der Waals surface area contributed by atoms with Gasteiger partial charge in [0.25, 0.3) is 0 Å². The third-order valence-electron chi connectivity index (χ3n) is 2.34. The van der Waals surface area contributed by atoms with Gasteiger partial charge in [-0.3, -0.25) is 0 Å². The Balaban J connectivity index is 2.09. The Bertz CT molecular complexity index is 332. The average molecular weight is 191 g/mol. The van der Waals surface area contributed by atoms with Crippen LogP contribution in [0.5, 0.6) is 0 Å². The molecule has 0 bridgehead atoms. The maximum atomic E-state index is 9.32. The number of nitrogens with zero attached hydrogens (tertiary/aromatic N) is 1. The molecule has 1 aromatic rings. The molecular weight excluding hydrogens is 178 g/mol. The van der Waals surface area contributed by atoms with Crippen LogP contribution in [-0.2, 0) is 4.84 Å². The van der Waals surface area contributed by atoms with E-state index in [4.69, 9.17) is 4.84 Å². The smallest absolute Gasteiger partial charge is 0.158 e. The van der Waals surface area contributed by atoms with E-state index < -0.39 is 6.10 Å². The summed E-state index contributed by atoms with van der Waals surface area (Å²) in [6.07, 6.45) is 0.0203. The third-order valence-corrected chi connectivity index (χ3v) is 2.34. The molecule has 0 fully saturated rings. The fourth-order valence-electron chi connectivity index (χ4n) is 1.46. The van der Waals surface area contributed by atoms with Gasteiger partial charge in [-0.25, -0.2) is 0 Å². The second-order valence-corrected chi connectivity index (χ2v) is 3.49. The molecule has 0 amide bonds. The average Bonchev–Trinajstić information content (AvgIpc) is 2.68. The number of aliphatic hydroxyl groups is 1. The van der Waals surface area contributed by atoms with Gasteiger partial charge in [-0.05, 0) is 12.5 Å². The van der Waals surface area contributed by atoms with Crippen molar-refractivity contribution >= 4 is 5.71 Å². The third kappa shape index (κ3) is 1.77. The lowest BCUT2D eigenvalue weighted by Crippen LogP contribution is -2.22. The van der Waals surface area contributed by atoms with Crippen molar-refractivity contribution in [1.29, 1.82) is 0 Å². The van der Waals surface area contributed by atoms with E-state index in [1.807, 2.05) is 30.3 Å². The molecule has 2 rings (SSSR count). The standard InChI is InChI=1S/C11H13NO2/c1-8(13)11-7-10(12-14-11)9-5-3-2-4-6-9/h2-6,8,11,13H,7H2,1H3/t8-,11+/m0/s1.